The monoisotopic (exact) mass is 375 g/mol. The van der Waals surface area contributed by atoms with Gasteiger partial charge in [0.2, 0.25) is 0 Å². The van der Waals surface area contributed by atoms with Gasteiger partial charge in [-0.25, -0.2) is 8.42 Å². The van der Waals surface area contributed by atoms with Crippen molar-refractivity contribution in [2.45, 2.75) is 11.8 Å². The van der Waals surface area contributed by atoms with Crippen LogP contribution < -0.4 is 4.72 Å². The number of rotatable bonds is 3. The average Bonchev–Trinajstić information content (AvgIpc) is 2.32. The van der Waals surface area contributed by atoms with Crippen LogP contribution in [0.5, 0.6) is 5.75 Å². The second-order valence-electron chi connectivity index (χ2n) is 4.20. The van der Waals surface area contributed by atoms with Crippen molar-refractivity contribution in [1.82, 2.24) is 0 Å². The van der Waals surface area contributed by atoms with Crippen molar-refractivity contribution < 1.29 is 13.5 Å². The summed E-state index contributed by atoms with van der Waals surface area (Å²) in [7, 11) is -3.86. The maximum absolute atomic E-state index is 12.2. The van der Waals surface area contributed by atoms with Crippen LogP contribution in [0.4, 0.5) is 5.69 Å². The Morgan fingerprint density at radius 3 is 2.50 bits per heavy atom. The highest BCUT2D eigenvalue weighted by atomic mass is 79.9. The minimum absolute atomic E-state index is 0.0534. The van der Waals surface area contributed by atoms with Crippen LogP contribution >= 0.6 is 27.5 Å². The molecule has 0 heterocycles. The van der Waals surface area contributed by atoms with Crippen LogP contribution in [0, 0.1) is 6.92 Å². The number of sulfonamides is 1. The van der Waals surface area contributed by atoms with Crippen LogP contribution in [0.15, 0.2) is 45.8 Å². The third-order valence-corrected chi connectivity index (χ3v) is 4.92. The Kier molecular flexibility index (Phi) is 4.27. The van der Waals surface area contributed by atoms with Crippen molar-refractivity contribution in [2.75, 3.05) is 4.72 Å². The molecule has 2 aromatic rings. The second-order valence-corrected chi connectivity index (χ2v) is 7.17. The average molecular weight is 377 g/mol. The molecule has 0 radical (unpaired) electrons. The molecule has 0 atom stereocenters. The fourth-order valence-electron chi connectivity index (χ4n) is 1.62. The van der Waals surface area contributed by atoms with Gasteiger partial charge in [-0.3, -0.25) is 4.72 Å². The molecule has 0 aliphatic heterocycles. The molecular formula is C13H11BrClNO3S. The summed E-state index contributed by atoms with van der Waals surface area (Å²) in [6.45, 7) is 1.80. The number of halogens is 2. The van der Waals surface area contributed by atoms with Crippen molar-refractivity contribution in [1.29, 1.82) is 0 Å². The minimum Gasteiger partial charge on any atom is -0.506 e. The van der Waals surface area contributed by atoms with Crippen LogP contribution in [0.1, 0.15) is 5.56 Å². The highest BCUT2D eigenvalue weighted by Crippen LogP contribution is 2.30. The van der Waals surface area contributed by atoms with E-state index in [-0.39, 0.29) is 21.4 Å². The van der Waals surface area contributed by atoms with Gasteiger partial charge < -0.3 is 5.11 Å². The fraction of sp³-hybridized carbons (Fsp3) is 0.0769. The van der Waals surface area contributed by atoms with Gasteiger partial charge in [-0.05, 0) is 42.8 Å². The number of benzene rings is 2. The quantitative estimate of drug-likeness (QED) is 0.798. The molecule has 0 bridgehead atoms. The Bertz CT molecular complexity index is 762. The predicted octanol–water partition coefficient (Wildman–Crippen LogP) is 3.92. The fourth-order valence-corrected chi connectivity index (χ4v) is 3.73. The molecule has 0 amide bonds. The van der Waals surface area contributed by atoms with Gasteiger partial charge in [0.05, 0.1) is 10.7 Å². The standard InChI is InChI=1S/C13H11BrClNO3S/c1-8-2-4-11(12(17)6-8)16-20(18,19)13-5-3-9(14)7-10(13)15/h2-7,16-17H,1H3. The molecule has 2 N–H and O–H groups in total. The van der Waals surface area contributed by atoms with E-state index in [0.717, 1.165) is 5.56 Å². The van der Waals surface area contributed by atoms with Gasteiger partial charge in [-0.2, -0.15) is 0 Å². The Morgan fingerprint density at radius 2 is 1.90 bits per heavy atom. The number of hydrogen-bond acceptors (Lipinski definition) is 3. The molecule has 0 aliphatic carbocycles. The molecule has 4 nitrogen and oxygen atoms in total. The number of anilines is 1. The van der Waals surface area contributed by atoms with Crippen LogP contribution in [0.25, 0.3) is 0 Å². The van der Waals surface area contributed by atoms with Gasteiger partial charge in [0, 0.05) is 4.47 Å². The Labute approximate surface area is 130 Å². The van der Waals surface area contributed by atoms with Crippen LogP contribution in [0.3, 0.4) is 0 Å². The number of aromatic hydroxyl groups is 1. The van der Waals surface area contributed by atoms with E-state index in [0.29, 0.717) is 4.47 Å². The Hall–Kier alpha value is -1.24. The number of phenols is 1. The molecule has 7 heteroatoms. The normalized spacial score (nSPS) is 11.3. The lowest BCUT2D eigenvalue weighted by Gasteiger charge is -2.11. The van der Waals surface area contributed by atoms with E-state index in [1.54, 1.807) is 19.1 Å². The maximum atomic E-state index is 12.2. The summed E-state index contributed by atoms with van der Waals surface area (Å²) < 4.78 is 27.5. The third kappa shape index (κ3) is 3.26. The highest BCUT2D eigenvalue weighted by Gasteiger charge is 2.19. The van der Waals surface area contributed by atoms with Crippen molar-refractivity contribution >= 4 is 43.2 Å². The maximum Gasteiger partial charge on any atom is 0.263 e. The smallest absolute Gasteiger partial charge is 0.263 e. The molecular weight excluding hydrogens is 366 g/mol. The number of hydrogen-bond donors (Lipinski definition) is 2. The number of aryl methyl sites for hydroxylation is 1. The third-order valence-electron chi connectivity index (χ3n) is 2.58. The summed E-state index contributed by atoms with van der Waals surface area (Å²) in [5, 5.41) is 9.84. The second kappa shape index (κ2) is 5.63. The van der Waals surface area contributed by atoms with Crippen LogP contribution in [-0.4, -0.2) is 13.5 Å². The molecule has 0 spiro atoms. The molecule has 0 saturated carbocycles. The zero-order chi connectivity index (χ0) is 14.9. The lowest BCUT2D eigenvalue weighted by atomic mass is 10.2. The molecule has 0 unspecified atom stereocenters. The number of nitrogens with one attached hydrogen (secondary N) is 1. The molecule has 0 saturated heterocycles. The first-order valence-electron chi connectivity index (χ1n) is 5.57. The molecule has 2 rings (SSSR count). The van der Waals surface area contributed by atoms with Crippen molar-refractivity contribution in [2.24, 2.45) is 0 Å². The Morgan fingerprint density at radius 1 is 1.20 bits per heavy atom. The topological polar surface area (TPSA) is 66.4 Å². The molecule has 106 valence electrons. The first kappa shape index (κ1) is 15.2. The van der Waals surface area contributed by atoms with Crippen LogP contribution in [0.2, 0.25) is 5.02 Å². The van der Waals surface area contributed by atoms with Crippen molar-refractivity contribution in [3.8, 4) is 5.75 Å². The zero-order valence-electron chi connectivity index (χ0n) is 10.4. The molecule has 20 heavy (non-hydrogen) atoms. The van der Waals surface area contributed by atoms with Crippen molar-refractivity contribution in [3.63, 3.8) is 0 Å². The summed E-state index contributed by atoms with van der Waals surface area (Å²) in [6.07, 6.45) is 0. The SMILES string of the molecule is Cc1ccc(NS(=O)(=O)c2ccc(Br)cc2Cl)c(O)c1. The highest BCUT2D eigenvalue weighted by molar-refractivity contribution is 9.10. The zero-order valence-corrected chi connectivity index (χ0v) is 13.6. The van der Waals surface area contributed by atoms with Gasteiger partial charge in [0.1, 0.15) is 10.6 Å². The van der Waals surface area contributed by atoms with Crippen LogP contribution in [-0.2, 0) is 10.0 Å². The number of phenolic OH excluding ortho intramolecular Hbond substituents is 1. The first-order valence-corrected chi connectivity index (χ1v) is 8.22. The van der Waals surface area contributed by atoms with Gasteiger partial charge in [0.25, 0.3) is 10.0 Å². The Balaban J connectivity index is 2.41. The van der Waals surface area contributed by atoms with Gasteiger partial charge in [-0.1, -0.05) is 33.6 Å². The largest absolute Gasteiger partial charge is 0.506 e. The summed E-state index contributed by atoms with van der Waals surface area (Å²) in [4.78, 5) is -0.0534. The minimum atomic E-state index is -3.86. The van der Waals surface area contributed by atoms with E-state index >= 15 is 0 Å². The van der Waals surface area contributed by atoms with E-state index in [4.69, 9.17) is 11.6 Å². The lowest BCUT2D eigenvalue weighted by molar-refractivity contribution is 0.477. The molecule has 0 fully saturated rings. The van der Waals surface area contributed by atoms with E-state index in [1.165, 1.54) is 24.3 Å². The summed E-state index contributed by atoms with van der Waals surface area (Å²) in [5.41, 5.74) is 0.932. The van der Waals surface area contributed by atoms with Gasteiger partial charge in [-0.15, -0.1) is 0 Å². The van der Waals surface area contributed by atoms with Gasteiger partial charge in [0.15, 0.2) is 0 Å². The predicted molar refractivity (Wildman–Crippen MR) is 82.8 cm³/mol. The molecule has 0 aliphatic rings. The van der Waals surface area contributed by atoms with E-state index in [2.05, 4.69) is 20.7 Å². The lowest BCUT2D eigenvalue weighted by Crippen LogP contribution is -2.13. The first-order chi connectivity index (χ1) is 9.29. The summed E-state index contributed by atoms with van der Waals surface area (Å²) >= 11 is 9.14. The van der Waals surface area contributed by atoms with Gasteiger partial charge >= 0.3 is 0 Å². The molecule has 0 aromatic heterocycles. The summed E-state index contributed by atoms with van der Waals surface area (Å²) in [6, 6.07) is 9.12. The van der Waals surface area contributed by atoms with E-state index < -0.39 is 10.0 Å². The van der Waals surface area contributed by atoms with E-state index in [9.17, 15) is 13.5 Å². The van der Waals surface area contributed by atoms with Crippen molar-refractivity contribution in [3.05, 3.63) is 51.5 Å². The van der Waals surface area contributed by atoms with E-state index in [1.807, 2.05) is 0 Å². The summed E-state index contributed by atoms with van der Waals surface area (Å²) in [5.74, 6) is -0.137. The molecule has 2 aromatic carbocycles.